The number of rotatable bonds is 4. The van der Waals surface area contributed by atoms with Crippen molar-refractivity contribution < 1.29 is 15.0 Å². The van der Waals surface area contributed by atoms with Gasteiger partial charge in [0.1, 0.15) is 11.3 Å². The Kier molecular flexibility index (Phi) is 3.71. The van der Waals surface area contributed by atoms with E-state index in [-0.39, 0.29) is 11.3 Å². The Hall–Kier alpha value is -2.49. The number of benzene rings is 2. The van der Waals surface area contributed by atoms with E-state index in [2.05, 4.69) is 5.32 Å². The van der Waals surface area contributed by atoms with E-state index < -0.39 is 5.97 Å². The average Bonchev–Trinajstić information content (AvgIpc) is 2.39. The zero-order chi connectivity index (χ0) is 13.8. The molecule has 0 aliphatic carbocycles. The molecule has 0 aromatic heterocycles. The number of anilines is 1. The summed E-state index contributed by atoms with van der Waals surface area (Å²) in [5, 5.41) is 21.5. The molecule has 0 amide bonds. The Bertz CT molecular complexity index is 608. The second kappa shape index (κ2) is 5.44. The van der Waals surface area contributed by atoms with Gasteiger partial charge in [0.05, 0.1) is 0 Å². The number of carboxylic acid groups (broad SMARTS) is 1. The molecule has 4 nitrogen and oxygen atoms in total. The molecule has 0 aliphatic rings. The summed E-state index contributed by atoms with van der Waals surface area (Å²) in [6, 6.07) is 12.4. The highest BCUT2D eigenvalue weighted by atomic mass is 16.4. The van der Waals surface area contributed by atoms with Crippen molar-refractivity contribution in [1.29, 1.82) is 0 Å². The largest absolute Gasteiger partial charge is 0.507 e. The van der Waals surface area contributed by atoms with Crippen LogP contribution in [0.2, 0.25) is 0 Å². The van der Waals surface area contributed by atoms with Crippen LogP contribution in [0.15, 0.2) is 42.5 Å². The van der Waals surface area contributed by atoms with Crippen molar-refractivity contribution in [3.05, 3.63) is 59.2 Å². The van der Waals surface area contributed by atoms with Crippen LogP contribution in [0, 0.1) is 6.92 Å². The standard InChI is InChI=1S/C15H15NO3/c1-10-4-2-3-5-11(10)9-16-12-6-7-14(17)13(8-12)15(18)19/h2-8,16-17H,9H2,1H3,(H,18,19). The fraction of sp³-hybridized carbons (Fsp3) is 0.133. The summed E-state index contributed by atoms with van der Waals surface area (Å²) < 4.78 is 0. The molecular formula is C15H15NO3. The van der Waals surface area contributed by atoms with Crippen LogP contribution in [0.4, 0.5) is 5.69 Å². The molecule has 2 aromatic carbocycles. The Morgan fingerprint density at radius 2 is 1.95 bits per heavy atom. The molecule has 98 valence electrons. The first-order valence-corrected chi connectivity index (χ1v) is 5.92. The third kappa shape index (κ3) is 3.04. The van der Waals surface area contributed by atoms with E-state index in [1.165, 1.54) is 17.7 Å². The lowest BCUT2D eigenvalue weighted by Gasteiger charge is -2.10. The van der Waals surface area contributed by atoms with Crippen LogP contribution in [0.25, 0.3) is 0 Å². The highest BCUT2D eigenvalue weighted by Gasteiger charge is 2.10. The third-order valence-corrected chi connectivity index (χ3v) is 2.97. The summed E-state index contributed by atoms with van der Waals surface area (Å²) in [5.74, 6) is -1.37. The van der Waals surface area contributed by atoms with Crippen LogP contribution in [0.5, 0.6) is 5.75 Å². The number of nitrogens with one attached hydrogen (secondary N) is 1. The van der Waals surface area contributed by atoms with Gasteiger partial charge >= 0.3 is 5.97 Å². The summed E-state index contributed by atoms with van der Waals surface area (Å²) >= 11 is 0. The van der Waals surface area contributed by atoms with E-state index in [0.717, 1.165) is 5.56 Å². The van der Waals surface area contributed by atoms with E-state index in [9.17, 15) is 9.90 Å². The van der Waals surface area contributed by atoms with Crippen LogP contribution in [-0.2, 0) is 6.54 Å². The Labute approximate surface area is 111 Å². The number of hydrogen-bond acceptors (Lipinski definition) is 3. The maximum atomic E-state index is 10.9. The molecule has 0 saturated carbocycles. The minimum Gasteiger partial charge on any atom is -0.507 e. The van der Waals surface area contributed by atoms with Gasteiger partial charge in [-0.25, -0.2) is 4.79 Å². The van der Waals surface area contributed by atoms with E-state index in [1.54, 1.807) is 6.07 Å². The maximum Gasteiger partial charge on any atom is 0.339 e. The first kappa shape index (κ1) is 13.0. The molecule has 4 heteroatoms. The Morgan fingerprint density at radius 3 is 2.63 bits per heavy atom. The van der Waals surface area contributed by atoms with Crippen LogP contribution in [0.1, 0.15) is 21.5 Å². The van der Waals surface area contributed by atoms with Crippen molar-refractivity contribution >= 4 is 11.7 Å². The number of carbonyl (C=O) groups is 1. The number of carboxylic acids is 1. The summed E-state index contributed by atoms with van der Waals surface area (Å²) in [4.78, 5) is 10.9. The van der Waals surface area contributed by atoms with Gasteiger partial charge in [0.25, 0.3) is 0 Å². The monoisotopic (exact) mass is 257 g/mol. The first-order valence-electron chi connectivity index (χ1n) is 5.92. The molecule has 0 spiro atoms. The molecule has 0 fully saturated rings. The van der Waals surface area contributed by atoms with Crippen LogP contribution < -0.4 is 5.32 Å². The molecule has 2 rings (SSSR count). The minimum atomic E-state index is -1.14. The summed E-state index contributed by atoms with van der Waals surface area (Å²) in [6.45, 7) is 2.63. The zero-order valence-electron chi connectivity index (χ0n) is 10.6. The molecule has 19 heavy (non-hydrogen) atoms. The van der Waals surface area contributed by atoms with Gasteiger partial charge in [0.2, 0.25) is 0 Å². The molecule has 2 aromatic rings. The highest BCUT2D eigenvalue weighted by Crippen LogP contribution is 2.22. The number of phenols is 1. The maximum absolute atomic E-state index is 10.9. The topological polar surface area (TPSA) is 69.6 Å². The number of aromatic hydroxyl groups is 1. The first-order chi connectivity index (χ1) is 9.08. The van der Waals surface area contributed by atoms with Crippen molar-refractivity contribution in [3.63, 3.8) is 0 Å². The molecule has 0 heterocycles. The predicted octanol–water partition coefficient (Wildman–Crippen LogP) is 3.01. The molecule has 0 radical (unpaired) electrons. The van der Waals surface area contributed by atoms with Crippen molar-refractivity contribution in [2.45, 2.75) is 13.5 Å². The minimum absolute atomic E-state index is 0.102. The summed E-state index contributed by atoms with van der Waals surface area (Å²) in [6.07, 6.45) is 0. The van der Waals surface area contributed by atoms with E-state index >= 15 is 0 Å². The highest BCUT2D eigenvalue weighted by molar-refractivity contribution is 5.91. The molecule has 0 saturated heterocycles. The molecule has 0 unspecified atom stereocenters. The smallest absolute Gasteiger partial charge is 0.339 e. The lowest BCUT2D eigenvalue weighted by Crippen LogP contribution is -2.03. The van der Waals surface area contributed by atoms with Gasteiger partial charge in [-0.05, 0) is 36.2 Å². The van der Waals surface area contributed by atoms with E-state index in [4.69, 9.17) is 5.11 Å². The van der Waals surface area contributed by atoms with Gasteiger partial charge in [0, 0.05) is 12.2 Å². The van der Waals surface area contributed by atoms with E-state index in [1.807, 2.05) is 31.2 Å². The fourth-order valence-electron chi connectivity index (χ4n) is 1.82. The molecule has 3 N–H and O–H groups in total. The molecule has 0 atom stereocenters. The summed E-state index contributed by atoms with van der Waals surface area (Å²) in [5.41, 5.74) is 2.88. The quantitative estimate of drug-likeness (QED) is 0.736. The van der Waals surface area contributed by atoms with Crippen molar-refractivity contribution in [2.24, 2.45) is 0 Å². The lowest BCUT2D eigenvalue weighted by atomic mass is 10.1. The van der Waals surface area contributed by atoms with Crippen molar-refractivity contribution in [2.75, 3.05) is 5.32 Å². The average molecular weight is 257 g/mol. The van der Waals surface area contributed by atoms with Crippen LogP contribution >= 0.6 is 0 Å². The zero-order valence-corrected chi connectivity index (χ0v) is 10.6. The third-order valence-electron chi connectivity index (χ3n) is 2.97. The molecule has 0 aliphatic heterocycles. The second-order valence-electron chi connectivity index (χ2n) is 4.32. The van der Waals surface area contributed by atoms with Gasteiger partial charge < -0.3 is 15.5 Å². The van der Waals surface area contributed by atoms with Gasteiger partial charge in [0.15, 0.2) is 0 Å². The summed E-state index contributed by atoms with van der Waals surface area (Å²) in [7, 11) is 0. The van der Waals surface area contributed by atoms with Crippen molar-refractivity contribution in [1.82, 2.24) is 0 Å². The SMILES string of the molecule is Cc1ccccc1CNc1ccc(O)c(C(=O)O)c1. The predicted molar refractivity (Wildman–Crippen MR) is 73.6 cm³/mol. The number of aromatic carboxylic acids is 1. The second-order valence-corrected chi connectivity index (χ2v) is 4.32. The fourth-order valence-corrected chi connectivity index (χ4v) is 1.82. The number of hydrogen-bond donors (Lipinski definition) is 3. The number of aryl methyl sites for hydroxylation is 1. The molecular weight excluding hydrogens is 242 g/mol. The molecule has 0 bridgehead atoms. The van der Waals surface area contributed by atoms with Gasteiger partial charge in [-0.15, -0.1) is 0 Å². The van der Waals surface area contributed by atoms with Gasteiger partial charge in [-0.2, -0.15) is 0 Å². The van der Waals surface area contributed by atoms with Gasteiger partial charge in [-0.1, -0.05) is 24.3 Å². The van der Waals surface area contributed by atoms with Crippen molar-refractivity contribution in [3.8, 4) is 5.75 Å². The Balaban J connectivity index is 2.14. The Morgan fingerprint density at radius 1 is 1.21 bits per heavy atom. The lowest BCUT2D eigenvalue weighted by molar-refractivity contribution is 0.0694. The van der Waals surface area contributed by atoms with Crippen LogP contribution in [0.3, 0.4) is 0 Å². The van der Waals surface area contributed by atoms with E-state index in [0.29, 0.717) is 12.2 Å². The van der Waals surface area contributed by atoms with Crippen LogP contribution in [-0.4, -0.2) is 16.2 Å². The van der Waals surface area contributed by atoms with Gasteiger partial charge in [-0.3, -0.25) is 0 Å². The normalized spacial score (nSPS) is 10.2.